The lowest BCUT2D eigenvalue weighted by Gasteiger charge is -2.22. The highest BCUT2D eigenvalue weighted by Crippen LogP contribution is 2.41. The fourth-order valence-electron chi connectivity index (χ4n) is 4.77. The largest absolute Gasteiger partial charge is 0.494 e. The third-order valence-electron chi connectivity index (χ3n) is 6.27. The van der Waals surface area contributed by atoms with Crippen LogP contribution in [-0.4, -0.2) is 25.0 Å². The number of ether oxygens (including phenoxy) is 1. The average molecular weight is 439 g/mol. The molecule has 2 heterocycles. The van der Waals surface area contributed by atoms with Crippen LogP contribution in [0.3, 0.4) is 0 Å². The number of carbonyl (C=O) groups is 2. The molecule has 0 saturated carbocycles. The van der Waals surface area contributed by atoms with Crippen molar-refractivity contribution in [3.8, 4) is 5.75 Å². The molecule has 0 aliphatic carbocycles. The number of anilines is 2. The predicted molar refractivity (Wildman–Crippen MR) is 130 cm³/mol. The van der Waals surface area contributed by atoms with Crippen molar-refractivity contribution in [3.05, 3.63) is 94.7 Å². The van der Waals surface area contributed by atoms with E-state index in [0.29, 0.717) is 35.9 Å². The van der Waals surface area contributed by atoms with Gasteiger partial charge in [-0.2, -0.15) is 0 Å². The summed E-state index contributed by atoms with van der Waals surface area (Å²) in [6.07, 6.45) is 0.838. The molecule has 2 aliphatic rings. The van der Waals surface area contributed by atoms with Crippen LogP contribution in [0.15, 0.2) is 72.4 Å². The topological polar surface area (TPSA) is 49.9 Å². The molecule has 0 saturated heterocycles. The molecule has 5 rings (SSSR count). The Morgan fingerprint density at radius 3 is 2.39 bits per heavy atom. The van der Waals surface area contributed by atoms with E-state index in [1.807, 2.05) is 56.0 Å². The molecule has 0 fully saturated rings. The Morgan fingerprint density at radius 1 is 0.909 bits per heavy atom. The number of hydrogen-bond donors (Lipinski definition) is 0. The molecule has 5 nitrogen and oxygen atoms in total. The van der Waals surface area contributed by atoms with E-state index in [-0.39, 0.29) is 11.8 Å². The van der Waals surface area contributed by atoms with Gasteiger partial charge in [-0.05, 0) is 74.2 Å². The van der Waals surface area contributed by atoms with Crippen molar-refractivity contribution >= 4 is 28.8 Å². The highest BCUT2D eigenvalue weighted by molar-refractivity contribution is 6.46. The second-order valence-corrected chi connectivity index (χ2v) is 8.44. The molecule has 3 aromatic rings. The van der Waals surface area contributed by atoms with Gasteiger partial charge >= 0.3 is 0 Å². The van der Waals surface area contributed by atoms with Crippen molar-refractivity contribution in [2.75, 3.05) is 23.0 Å². The summed E-state index contributed by atoms with van der Waals surface area (Å²) >= 11 is 0. The molecule has 33 heavy (non-hydrogen) atoms. The Morgan fingerprint density at radius 2 is 1.67 bits per heavy atom. The van der Waals surface area contributed by atoms with Crippen LogP contribution in [0.5, 0.6) is 5.75 Å². The van der Waals surface area contributed by atoms with Crippen LogP contribution >= 0.6 is 0 Å². The summed E-state index contributed by atoms with van der Waals surface area (Å²) in [5.41, 5.74) is 6.52. The maximum absolute atomic E-state index is 13.9. The van der Waals surface area contributed by atoms with Gasteiger partial charge in [0, 0.05) is 12.2 Å². The number of carbonyl (C=O) groups excluding carboxylic acids is 2. The van der Waals surface area contributed by atoms with E-state index in [2.05, 4.69) is 12.1 Å². The van der Waals surface area contributed by atoms with Crippen LogP contribution in [0, 0.1) is 13.8 Å². The van der Waals surface area contributed by atoms with E-state index < -0.39 is 0 Å². The van der Waals surface area contributed by atoms with Gasteiger partial charge in [0.25, 0.3) is 11.8 Å². The minimum Gasteiger partial charge on any atom is -0.494 e. The SMILES string of the molecule is CCOc1ccc(N2C(=O)C(c3ccc(C)cc3C)=C(N3CCc4ccccc43)C2=O)cc1. The fourth-order valence-corrected chi connectivity index (χ4v) is 4.77. The van der Waals surface area contributed by atoms with Gasteiger partial charge in [0.2, 0.25) is 0 Å². The first-order chi connectivity index (χ1) is 16.0. The number of aryl methyl sites for hydroxylation is 2. The summed E-state index contributed by atoms with van der Waals surface area (Å²) in [7, 11) is 0. The molecule has 0 aromatic heterocycles. The van der Waals surface area contributed by atoms with Crippen LogP contribution in [0.4, 0.5) is 11.4 Å². The molecule has 2 amide bonds. The number of fused-ring (bicyclic) bond motifs is 1. The zero-order valence-corrected chi connectivity index (χ0v) is 19.1. The maximum Gasteiger partial charge on any atom is 0.282 e. The molecular weight excluding hydrogens is 412 g/mol. The van der Waals surface area contributed by atoms with Gasteiger partial charge in [-0.3, -0.25) is 9.59 Å². The lowest BCUT2D eigenvalue weighted by Crippen LogP contribution is -2.34. The van der Waals surface area contributed by atoms with Crippen LogP contribution in [-0.2, 0) is 16.0 Å². The van der Waals surface area contributed by atoms with Crippen LogP contribution in [0.2, 0.25) is 0 Å². The standard InChI is InChI=1S/C28H26N2O3/c1-4-33-22-12-10-21(11-13-22)30-27(31)25(23-14-9-18(2)17-19(23)3)26(28(30)32)29-16-15-20-7-5-6-8-24(20)29/h5-14,17H,4,15-16H2,1-3H3. The summed E-state index contributed by atoms with van der Waals surface area (Å²) in [6, 6.07) is 21.2. The molecule has 0 unspecified atom stereocenters. The minimum atomic E-state index is -0.296. The molecular formula is C28H26N2O3. The average Bonchev–Trinajstić information content (AvgIpc) is 3.33. The van der Waals surface area contributed by atoms with Crippen molar-refractivity contribution < 1.29 is 14.3 Å². The van der Waals surface area contributed by atoms with E-state index in [1.165, 1.54) is 10.5 Å². The number of hydrogen-bond acceptors (Lipinski definition) is 4. The third-order valence-corrected chi connectivity index (χ3v) is 6.27. The zero-order chi connectivity index (χ0) is 23.1. The van der Waals surface area contributed by atoms with E-state index in [1.54, 1.807) is 24.3 Å². The molecule has 0 atom stereocenters. The zero-order valence-electron chi connectivity index (χ0n) is 19.1. The second-order valence-electron chi connectivity index (χ2n) is 8.44. The molecule has 0 N–H and O–H groups in total. The molecule has 0 radical (unpaired) electrons. The Balaban J connectivity index is 1.65. The van der Waals surface area contributed by atoms with Gasteiger partial charge in [0.1, 0.15) is 11.4 Å². The first kappa shape index (κ1) is 21.0. The number of imide groups is 1. The summed E-state index contributed by atoms with van der Waals surface area (Å²) in [5, 5.41) is 0. The lowest BCUT2D eigenvalue weighted by atomic mass is 9.97. The van der Waals surface area contributed by atoms with Crippen molar-refractivity contribution in [3.63, 3.8) is 0 Å². The van der Waals surface area contributed by atoms with Crippen LogP contribution < -0.4 is 14.5 Å². The predicted octanol–water partition coefficient (Wildman–Crippen LogP) is 5.05. The van der Waals surface area contributed by atoms with Gasteiger partial charge in [-0.1, -0.05) is 42.0 Å². The molecule has 166 valence electrons. The van der Waals surface area contributed by atoms with Crippen molar-refractivity contribution in [1.29, 1.82) is 0 Å². The number of rotatable bonds is 5. The van der Waals surface area contributed by atoms with Gasteiger partial charge in [0.15, 0.2) is 0 Å². The number of amides is 2. The summed E-state index contributed by atoms with van der Waals surface area (Å²) in [6.45, 7) is 7.15. The first-order valence-electron chi connectivity index (χ1n) is 11.3. The number of benzene rings is 3. The van der Waals surface area contributed by atoms with Gasteiger partial charge < -0.3 is 9.64 Å². The second kappa shape index (κ2) is 8.24. The van der Waals surface area contributed by atoms with Gasteiger partial charge in [0.05, 0.1) is 17.9 Å². The molecule has 3 aromatic carbocycles. The summed E-state index contributed by atoms with van der Waals surface area (Å²) < 4.78 is 5.53. The van der Waals surface area contributed by atoms with E-state index in [0.717, 1.165) is 28.8 Å². The molecule has 0 spiro atoms. The number of para-hydroxylation sites is 1. The van der Waals surface area contributed by atoms with Crippen molar-refractivity contribution in [2.24, 2.45) is 0 Å². The Hall–Kier alpha value is -3.86. The van der Waals surface area contributed by atoms with Gasteiger partial charge in [-0.25, -0.2) is 4.90 Å². The quantitative estimate of drug-likeness (QED) is 0.523. The normalized spacial score (nSPS) is 15.5. The molecule has 2 aliphatic heterocycles. The monoisotopic (exact) mass is 438 g/mol. The summed E-state index contributed by atoms with van der Waals surface area (Å²) in [5.74, 6) is 0.114. The number of nitrogens with zero attached hydrogens (tertiary/aromatic N) is 2. The first-order valence-corrected chi connectivity index (χ1v) is 11.3. The molecule has 0 bridgehead atoms. The van der Waals surface area contributed by atoms with Crippen LogP contribution in [0.1, 0.15) is 29.2 Å². The summed E-state index contributed by atoms with van der Waals surface area (Å²) in [4.78, 5) is 31.0. The third kappa shape index (κ3) is 3.50. The molecule has 5 heteroatoms. The van der Waals surface area contributed by atoms with Gasteiger partial charge in [-0.15, -0.1) is 0 Å². The van der Waals surface area contributed by atoms with Crippen molar-refractivity contribution in [1.82, 2.24) is 0 Å². The van der Waals surface area contributed by atoms with Crippen molar-refractivity contribution in [2.45, 2.75) is 27.2 Å². The smallest absolute Gasteiger partial charge is 0.282 e. The minimum absolute atomic E-state index is 0.296. The highest BCUT2D eigenvalue weighted by Gasteiger charge is 2.44. The van der Waals surface area contributed by atoms with Crippen LogP contribution in [0.25, 0.3) is 5.57 Å². The highest BCUT2D eigenvalue weighted by atomic mass is 16.5. The lowest BCUT2D eigenvalue weighted by molar-refractivity contribution is -0.120. The fraction of sp³-hybridized carbons (Fsp3) is 0.214. The van der Waals surface area contributed by atoms with E-state index in [9.17, 15) is 9.59 Å². The Labute approximate surface area is 193 Å². The Bertz CT molecular complexity index is 1290. The van der Waals surface area contributed by atoms with E-state index in [4.69, 9.17) is 4.74 Å². The maximum atomic E-state index is 13.9. The Kier molecular flexibility index (Phi) is 5.25. The van der Waals surface area contributed by atoms with E-state index >= 15 is 0 Å².